The van der Waals surface area contributed by atoms with Gasteiger partial charge >= 0.3 is 0 Å². The second-order valence-electron chi connectivity index (χ2n) is 5.28. The molecule has 0 fully saturated rings. The van der Waals surface area contributed by atoms with E-state index in [-0.39, 0.29) is 5.78 Å². The highest BCUT2D eigenvalue weighted by molar-refractivity contribution is 5.91. The number of nitrogens with two attached hydrogens (primary N) is 1. The van der Waals surface area contributed by atoms with Gasteiger partial charge in [0.25, 0.3) is 0 Å². The van der Waals surface area contributed by atoms with Gasteiger partial charge in [0, 0.05) is 24.4 Å². The summed E-state index contributed by atoms with van der Waals surface area (Å²) in [6.45, 7) is 4.11. The molecule has 0 aliphatic carbocycles. The van der Waals surface area contributed by atoms with E-state index in [2.05, 4.69) is 5.10 Å². The summed E-state index contributed by atoms with van der Waals surface area (Å²) in [6, 6.07) is 7.94. The van der Waals surface area contributed by atoms with E-state index in [4.69, 9.17) is 5.73 Å². The van der Waals surface area contributed by atoms with Crippen LogP contribution in [0.2, 0.25) is 0 Å². The van der Waals surface area contributed by atoms with E-state index in [1.807, 2.05) is 49.8 Å². The van der Waals surface area contributed by atoms with Crippen LogP contribution >= 0.6 is 0 Å². The van der Waals surface area contributed by atoms with Gasteiger partial charge in [-0.05, 0) is 6.07 Å². The molecule has 0 atom stereocenters. The number of aromatic nitrogens is 2. The van der Waals surface area contributed by atoms with Gasteiger partial charge in [-0.2, -0.15) is 5.10 Å². The molecule has 2 rings (SSSR count). The van der Waals surface area contributed by atoms with Gasteiger partial charge in [-0.25, -0.2) is 0 Å². The molecule has 18 heavy (non-hydrogen) atoms. The first-order chi connectivity index (χ1) is 8.45. The van der Waals surface area contributed by atoms with Crippen LogP contribution in [0, 0.1) is 5.41 Å². The van der Waals surface area contributed by atoms with Crippen LogP contribution in [0.1, 0.15) is 19.5 Å². The maximum absolute atomic E-state index is 12.2. The molecule has 0 saturated heterocycles. The molecule has 0 unspecified atom stereocenters. The normalized spacial score (nSPS) is 12.0. The fraction of sp³-hybridized carbons (Fsp3) is 0.429. The highest BCUT2D eigenvalue weighted by Crippen LogP contribution is 2.22. The molecule has 96 valence electrons. The lowest BCUT2D eigenvalue weighted by Crippen LogP contribution is -2.34. The lowest BCUT2D eigenvalue weighted by Gasteiger charge is -2.19. The fourth-order valence-corrected chi connectivity index (χ4v) is 1.92. The average Bonchev–Trinajstić information content (AvgIpc) is 2.67. The Morgan fingerprint density at radius 3 is 2.72 bits per heavy atom. The van der Waals surface area contributed by atoms with Crippen LogP contribution in [-0.4, -0.2) is 22.1 Å². The van der Waals surface area contributed by atoms with E-state index < -0.39 is 5.41 Å². The Morgan fingerprint density at radius 1 is 1.39 bits per heavy atom. The average molecular weight is 245 g/mol. The van der Waals surface area contributed by atoms with E-state index in [1.165, 1.54) is 0 Å². The van der Waals surface area contributed by atoms with Crippen molar-refractivity contribution in [3.8, 4) is 0 Å². The summed E-state index contributed by atoms with van der Waals surface area (Å²) in [7, 11) is 1.89. The van der Waals surface area contributed by atoms with Crippen molar-refractivity contribution >= 4 is 16.7 Å². The molecule has 0 radical (unpaired) electrons. The number of benzene rings is 1. The number of fused-ring (bicyclic) bond motifs is 1. The predicted molar refractivity (Wildman–Crippen MR) is 72.3 cm³/mol. The number of carbonyl (C=O) groups is 1. The van der Waals surface area contributed by atoms with Gasteiger partial charge in [0.15, 0.2) is 0 Å². The molecule has 4 nitrogen and oxygen atoms in total. The minimum absolute atomic E-state index is 0.133. The number of Topliss-reactive ketones (excluding diaryl/α,β-unsaturated/α-hetero) is 1. The molecule has 0 amide bonds. The maximum Gasteiger partial charge on any atom is 0.145 e. The molecule has 0 spiro atoms. The first-order valence-electron chi connectivity index (χ1n) is 6.09. The molecule has 0 saturated carbocycles. The minimum Gasteiger partial charge on any atom is -0.329 e. The highest BCUT2D eigenvalue weighted by Gasteiger charge is 2.27. The van der Waals surface area contributed by atoms with Crippen molar-refractivity contribution in [3.63, 3.8) is 0 Å². The van der Waals surface area contributed by atoms with Gasteiger partial charge in [0.2, 0.25) is 0 Å². The number of rotatable bonds is 4. The van der Waals surface area contributed by atoms with Gasteiger partial charge in [-0.15, -0.1) is 0 Å². The van der Waals surface area contributed by atoms with Crippen molar-refractivity contribution in [2.24, 2.45) is 18.2 Å². The third-order valence-corrected chi connectivity index (χ3v) is 3.43. The number of nitrogens with zero attached hydrogens (tertiary/aromatic N) is 2. The van der Waals surface area contributed by atoms with Crippen LogP contribution in [0.25, 0.3) is 10.9 Å². The summed E-state index contributed by atoms with van der Waals surface area (Å²) < 4.78 is 1.81. The third kappa shape index (κ3) is 2.16. The first-order valence-corrected chi connectivity index (χ1v) is 6.09. The molecule has 4 heteroatoms. The monoisotopic (exact) mass is 245 g/mol. The standard InChI is InChI=1S/C14H19N3O/c1-14(2,9-15)13(18)8-11-10-6-4-5-7-12(10)17(3)16-11/h4-7H,8-9,15H2,1-3H3. The summed E-state index contributed by atoms with van der Waals surface area (Å²) in [6.07, 6.45) is 0.339. The van der Waals surface area contributed by atoms with E-state index in [9.17, 15) is 4.79 Å². The lowest BCUT2D eigenvalue weighted by atomic mass is 9.85. The highest BCUT2D eigenvalue weighted by atomic mass is 16.1. The van der Waals surface area contributed by atoms with E-state index in [1.54, 1.807) is 0 Å². The summed E-state index contributed by atoms with van der Waals surface area (Å²) >= 11 is 0. The number of aryl methyl sites for hydroxylation is 1. The van der Waals surface area contributed by atoms with Crippen LogP contribution in [0.15, 0.2) is 24.3 Å². The van der Waals surface area contributed by atoms with Gasteiger partial charge in [-0.1, -0.05) is 32.0 Å². The number of hydrogen-bond donors (Lipinski definition) is 1. The Balaban J connectivity index is 2.36. The van der Waals surface area contributed by atoms with E-state index >= 15 is 0 Å². The lowest BCUT2D eigenvalue weighted by molar-refractivity contribution is -0.125. The summed E-state index contributed by atoms with van der Waals surface area (Å²) in [4.78, 5) is 12.2. The molecular formula is C14H19N3O. The second-order valence-corrected chi connectivity index (χ2v) is 5.28. The van der Waals surface area contributed by atoms with E-state index in [0.717, 1.165) is 16.6 Å². The van der Waals surface area contributed by atoms with Crippen LogP contribution in [0.4, 0.5) is 0 Å². The quantitative estimate of drug-likeness (QED) is 0.891. The molecule has 1 aromatic carbocycles. The van der Waals surface area contributed by atoms with Gasteiger partial charge in [-0.3, -0.25) is 9.48 Å². The van der Waals surface area contributed by atoms with Gasteiger partial charge < -0.3 is 5.73 Å². The van der Waals surface area contributed by atoms with Gasteiger partial charge in [0.1, 0.15) is 5.78 Å². The van der Waals surface area contributed by atoms with Crippen molar-refractivity contribution in [1.82, 2.24) is 9.78 Å². The Labute approximate surface area is 107 Å². The zero-order valence-electron chi connectivity index (χ0n) is 11.1. The second kappa shape index (κ2) is 4.53. The van der Waals surface area contributed by atoms with Crippen molar-refractivity contribution in [1.29, 1.82) is 0 Å². The van der Waals surface area contributed by atoms with Gasteiger partial charge in [0.05, 0.1) is 17.6 Å². The Hall–Kier alpha value is -1.68. The summed E-state index contributed by atoms with van der Waals surface area (Å²) in [5, 5.41) is 5.48. The largest absolute Gasteiger partial charge is 0.329 e. The summed E-state index contributed by atoms with van der Waals surface area (Å²) in [5.41, 5.74) is 7.02. The van der Waals surface area contributed by atoms with Crippen molar-refractivity contribution in [2.75, 3.05) is 6.54 Å². The molecule has 2 N–H and O–H groups in total. The minimum atomic E-state index is -0.487. The molecule has 0 aliphatic heterocycles. The smallest absolute Gasteiger partial charge is 0.145 e. The molecular weight excluding hydrogens is 226 g/mol. The number of para-hydroxylation sites is 1. The molecule has 0 aliphatic rings. The Morgan fingerprint density at radius 2 is 2.06 bits per heavy atom. The molecule has 2 aromatic rings. The zero-order valence-corrected chi connectivity index (χ0v) is 11.1. The van der Waals surface area contributed by atoms with Crippen molar-refractivity contribution in [2.45, 2.75) is 20.3 Å². The van der Waals surface area contributed by atoms with Crippen molar-refractivity contribution in [3.05, 3.63) is 30.0 Å². The maximum atomic E-state index is 12.2. The number of carbonyl (C=O) groups excluding carboxylic acids is 1. The van der Waals surface area contributed by atoms with Crippen molar-refractivity contribution < 1.29 is 4.79 Å². The Kier molecular flexibility index (Phi) is 3.22. The van der Waals surface area contributed by atoms with Crippen LogP contribution < -0.4 is 5.73 Å². The third-order valence-electron chi connectivity index (χ3n) is 3.43. The van der Waals surface area contributed by atoms with Crippen LogP contribution in [-0.2, 0) is 18.3 Å². The summed E-state index contributed by atoms with van der Waals surface area (Å²) in [5.74, 6) is 0.133. The predicted octanol–water partition coefficient (Wildman–Crippen LogP) is 1.67. The Bertz CT molecular complexity index is 584. The topological polar surface area (TPSA) is 60.9 Å². The van der Waals surface area contributed by atoms with Crippen LogP contribution in [0.3, 0.4) is 0 Å². The zero-order chi connectivity index (χ0) is 13.3. The fourth-order valence-electron chi connectivity index (χ4n) is 1.92. The molecule has 1 heterocycles. The SMILES string of the molecule is Cn1nc(CC(=O)C(C)(C)CN)c2ccccc21. The molecule has 0 bridgehead atoms. The number of hydrogen-bond acceptors (Lipinski definition) is 3. The number of ketones is 1. The van der Waals surface area contributed by atoms with E-state index in [0.29, 0.717) is 13.0 Å². The first kappa shape index (κ1) is 12.8. The molecule has 1 aromatic heterocycles. The van der Waals surface area contributed by atoms with Crippen LogP contribution in [0.5, 0.6) is 0 Å².